The molecule has 2 saturated heterocycles. The molecule has 6 rings (SSSR count). The summed E-state index contributed by atoms with van der Waals surface area (Å²) < 4.78 is 71.9. The molecule has 10 atom stereocenters. The summed E-state index contributed by atoms with van der Waals surface area (Å²) in [4.78, 5) is 67.6. The van der Waals surface area contributed by atoms with Gasteiger partial charge in [-0.1, -0.05) is 9.97 Å². The summed E-state index contributed by atoms with van der Waals surface area (Å²) in [5.41, 5.74) is 16.6. The molecule has 286 valence electrons. The zero-order valence-electron chi connectivity index (χ0n) is 26.8. The van der Waals surface area contributed by atoms with Crippen LogP contribution in [0.3, 0.4) is 0 Å². The highest BCUT2D eigenvalue weighted by atomic mass is 31.3. The standard InChI is InChI=1S/C22H32N11O16P3/c1-30-6-32(16-12(30)18(36)28-21(24)26-16)11-3-8(23)9(46-11)4-44-50(38,39)48-52(42,43)49-51(40,41)45-5-10-14(34)15(35)20(47-10)33-7-31(2)13-17(33)27-22(25)29-19(13)37/h6-11,14-15,20,34-35H,3-5,23H2,1-2H3,(H7-2,24,25,26,27,28,29,36,37,38,39,40,41,42,43)/p+2/t8-,9+,10+,11+,14+,15+,20+/m0/s1. The molecule has 2 aliphatic heterocycles. The number of aliphatic hydroxyl groups excluding tert-OH is 2. The molecule has 2 fully saturated rings. The number of aryl methyl sites for hydroxylation is 2. The van der Waals surface area contributed by atoms with Crippen LogP contribution in [0.5, 0.6) is 0 Å². The van der Waals surface area contributed by atoms with Crippen molar-refractivity contribution in [2.45, 2.75) is 49.3 Å². The summed E-state index contributed by atoms with van der Waals surface area (Å²) in [7, 11) is -14.0. The minimum Gasteiger partial charge on any atom is -0.387 e. The van der Waals surface area contributed by atoms with E-state index in [1.807, 2.05) is 0 Å². The third-order valence-electron chi connectivity index (χ3n) is 8.00. The Hall–Kier alpha value is -3.49. The van der Waals surface area contributed by atoms with Gasteiger partial charge in [0.05, 0.1) is 27.3 Å². The minimum atomic E-state index is -5.91. The number of aromatic amines is 2. The number of nitrogens with one attached hydrogen (secondary N) is 2. The van der Waals surface area contributed by atoms with E-state index in [1.165, 1.54) is 38.0 Å². The molecule has 0 aromatic carbocycles. The number of aliphatic hydroxyl groups is 2. The summed E-state index contributed by atoms with van der Waals surface area (Å²) in [5.74, 6) is -0.427. The number of ether oxygens (including phenoxy) is 2. The van der Waals surface area contributed by atoms with E-state index in [-0.39, 0.29) is 40.6 Å². The van der Waals surface area contributed by atoms with Gasteiger partial charge in [-0.05, 0) is 0 Å². The van der Waals surface area contributed by atoms with Gasteiger partial charge in [-0.3, -0.25) is 37.7 Å². The van der Waals surface area contributed by atoms with Crippen LogP contribution in [-0.2, 0) is 54.9 Å². The number of imidazole rings is 2. The Labute approximate surface area is 288 Å². The van der Waals surface area contributed by atoms with Crippen LogP contribution >= 0.6 is 23.5 Å². The minimum absolute atomic E-state index is 0.0291. The number of anilines is 2. The maximum atomic E-state index is 12.5. The van der Waals surface area contributed by atoms with Gasteiger partial charge in [-0.2, -0.15) is 8.62 Å². The van der Waals surface area contributed by atoms with Gasteiger partial charge >= 0.3 is 34.8 Å². The first-order valence-corrected chi connectivity index (χ1v) is 19.3. The number of nitrogens with zero attached hydrogens (tertiary/aromatic N) is 6. The van der Waals surface area contributed by atoms with Crippen molar-refractivity contribution >= 4 is 57.7 Å². The molecule has 52 heavy (non-hydrogen) atoms. The van der Waals surface area contributed by atoms with Crippen LogP contribution in [0.25, 0.3) is 22.3 Å². The van der Waals surface area contributed by atoms with Crippen molar-refractivity contribution in [3.8, 4) is 0 Å². The molecule has 30 heteroatoms. The van der Waals surface area contributed by atoms with E-state index in [0.29, 0.717) is 0 Å². The van der Waals surface area contributed by atoms with Crippen LogP contribution in [0.15, 0.2) is 22.2 Å². The number of phosphoric acid groups is 3. The third-order valence-corrected chi connectivity index (χ3v) is 12.3. The second-order valence-corrected chi connectivity index (χ2v) is 16.4. The predicted octanol–water partition coefficient (Wildman–Crippen LogP) is -4.12. The normalized spacial score (nSPS) is 28.7. The fourth-order valence-corrected chi connectivity index (χ4v) is 9.30. The Bertz CT molecular complexity index is 2290. The number of H-pyrrole nitrogens is 2. The van der Waals surface area contributed by atoms with Gasteiger partial charge < -0.3 is 51.6 Å². The van der Waals surface area contributed by atoms with E-state index in [0.717, 1.165) is 0 Å². The van der Waals surface area contributed by atoms with Crippen LogP contribution in [0.4, 0.5) is 11.9 Å². The molecule has 0 aliphatic carbocycles. The van der Waals surface area contributed by atoms with E-state index in [1.54, 1.807) is 7.05 Å². The number of fused-ring (bicyclic) bond motifs is 2. The van der Waals surface area contributed by atoms with E-state index in [9.17, 15) is 48.2 Å². The molecule has 0 radical (unpaired) electrons. The molecular weight excluding hydrogens is 767 g/mol. The summed E-state index contributed by atoms with van der Waals surface area (Å²) in [6.07, 6.45) is -5.57. The first-order valence-electron chi connectivity index (χ1n) is 14.8. The van der Waals surface area contributed by atoms with Gasteiger partial charge in [0.2, 0.25) is 17.3 Å². The fourth-order valence-electron chi connectivity index (χ4n) is 5.77. The van der Waals surface area contributed by atoms with E-state index in [2.05, 4.69) is 33.1 Å². The van der Waals surface area contributed by atoms with Crippen molar-refractivity contribution in [3.63, 3.8) is 0 Å². The van der Waals surface area contributed by atoms with E-state index in [4.69, 9.17) is 31.2 Å². The molecule has 0 saturated carbocycles. The van der Waals surface area contributed by atoms with E-state index >= 15 is 0 Å². The van der Waals surface area contributed by atoms with E-state index < -0.39 is 90.7 Å². The molecule has 0 bridgehead atoms. The average molecular weight is 801 g/mol. The van der Waals surface area contributed by atoms with Crippen LogP contribution in [0.2, 0.25) is 0 Å². The first-order chi connectivity index (χ1) is 24.1. The second kappa shape index (κ2) is 13.7. The highest BCUT2D eigenvalue weighted by Gasteiger charge is 2.49. The van der Waals surface area contributed by atoms with Crippen molar-refractivity contribution in [2.75, 3.05) is 24.7 Å². The van der Waals surface area contributed by atoms with Crippen LogP contribution in [0.1, 0.15) is 18.9 Å². The Morgan fingerprint density at radius 1 is 0.827 bits per heavy atom. The molecule has 3 unspecified atom stereocenters. The molecule has 27 nitrogen and oxygen atoms in total. The Morgan fingerprint density at radius 3 is 1.85 bits per heavy atom. The number of hydrogen-bond donors (Lipinski definition) is 10. The van der Waals surface area contributed by atoms with Gasteiger partial charge in [-0.25, -0.2) is 22.8 Å². The first kappa shape index (κ1) is 38.2. The lowest BCUT2D eigenvalue weighted by atomic mass is 10.1. The molecular formula is C22H34N11O16P3+2. The summed E-state index contributed by atoms with van der Waals surface area (Å²) in [6.45, 7) is -1.83. The second-order valence-electron chi connectivity index (χ2n) is 11.7. The average Bonchev–Trinajstić information content (AvgIpc) is 3.72. The van der Waals surface area contributed by atoms with Crippen LogP contribution < -0.4 is 37.5 Å². The lowest BCUT2D eigenvalue weighted by molar-refractivity contribution is -0.745. The molecule has 4 aromatic rings. The van der Waals surface area contributed by atoms with Gasteiger partial charge in [0.25, 0.3) is 23.0 Å². The maximum absolute atomic E-state index is 12.5. The van der Waals surface area contributed by atoms with Gasteiger partial charge in [0, 0.05) is 12.5 Å². The van der Waals surface area contributed by atoms with Gasteiger partial charge in [0.15, 0.2) is 18.9 Å². The fraction of sp³-hybridized carbons (Fsp3) is 0.545. The molecule has 2 aliphatic rings. The van der Waals surface area contributed by atoms with Crippen molar-refractivity contribution in [1.82, 2.24) is 29.1 Å². The lowest BCUT2D eigenvalue weighted by Crippen LogP contribution is -2.46. The summed E-state index contributed by atoms with van der Waals surface area (Å²) >= 11 is 0. The monoisotopic (exact) mass is 801 g/mol. The Balaban J connectivity index is 1.04. The number of nitrogens with two attached hydrogens (primary N) is 3. The lowest BCUT2D eigenvalue weighted by Gasteiger charge is -2.21. The van der Waals surface area contributed by atoms with Crippen LogP contribution in [-0.4, -0.2) is 97.6 Å². The number of hydrogen-bond acceptors (Lipinski definition) is 18. The zero-order valence-corrected chi connectivity index (χ0v) is 29.5. The highest BCUT2D eigenvalue weighted by Crippen LogP contribution is 2.67. The third kappa shape index (κ3) is 7.61. The molecule has 13 N–H and O–H groups in total. The number of aromatic nitrogens is 8. The predicted molar refractivity (Wildman–Crippen MR) is 168 cm³/mol. The maximum Gasteiger partial charge on any atom is 0.490 e. The van der Waals surface area contributed by atoms with Crippen molar-refractivity contribution in [2.24, 2.45) is 19.8 Å². The summed E-state index contributed by atoms with van der Waals surface area (Å²) in [6, 6.07) is -0.835. The zero-order chi connectivity index (χ0) is 38.1. The topological polar surface area (TPSA) is 395 Å². The van der Waals surface area contributed by atoms with Gasteiger partial charge in [-0.15, -0.1) is 0 Å². The summed E-state index contributed by atoms with van der Waals surface area (Å²) in [5, 5.41) is 21.1. The molecule has 0 spiro atoms. The highest BCUT2D eigenvalue weighted by molar-refractivity contribution is 7.66. The van der Waals surface area contributed by atoms with Crippen molar-refractivity contribution in [1.29, 1.82) is 0 Å². The smallest absolute Gasteiger partial charge is 0.387 e. The Kier molecular flexibility index (Phi) is 10.1. The largest absolute Gasteiger partial charge is 0.490 e. The SMILES string of the molecule is Cn1c[n+]([C@@H]2O[C@H](COP(=O)(O)OP(=O)(O)OP(=O)(O)OC[C@H]3O[C@@H]([n+]4cn(C)c5c(=O)[nH]c(N)nc54)C[C@@H]3N)[C@@H](O)[C@H]2O)c2nc(N)[nH]c(=O)c21. The number of rotatable bonds is 12. The molecule has 4 aromatic heterocycles. The number of nitrogen functional groups attached to an aromatic ring is 2. The number of phosphoric ester groups is 2. The molecule has 6 heterocycles. The Morgan fingerprint density at radius 2 is 1.31 bits per heavy atom. The van der Waals surface area contributed by atoms with Crippen molar-refractivity contribution in [3.05, 3.63) is 33.4 Å². The van der Waals surface area contributed by atoms with Crippen LogP contribution in [0, 0.1) is 0 Å². The van der Waals surface area contributed by atoms with Gasteiger partial charge in [0.1, 0.15) is 24.4 Å². The quantitative estimate of drug-likeness (QED) is 0.0480. The molecule has 0 amide bonds. The van der Waals surface area contributed by atoms with Crippen molar-refractivity contribution < 1.29 is 74.9 Å².